The second kappa shape index (κ2) is 4.37. The highest BCUT2D eigenvalue weighted by Crippen LogP contribution is 2.22. The van der Waals surface area contributed by atoms with E-state index in [2.05, 4.69) is 15.3 Å². The van der Waals surface area contributed by atoms with Gasteiger partial charge in [-0.05, 0) is 0 Å². The van der Waals surface area contributed by atoms with Gasteiger partial charge in [0.25, 0.3) is 5.56 Å². The fourth-order valence-corrected chi connectivity index (χ4v) is 1.64. The molecule has 82 valence electrons. The molecule has 4 nitrogen and oxygen atoms in total. The maximum Gasteiger partial charge on any atom is 0.291 e. The molecule has 0 aliphatic rings. The average molecular weight is 236 g/mol. The lowest BCUT2D eigenvalue weighted by Gasteiger charge is -2.05. The number of rotatable bonds is 2. The topological polar surface area (TPSA) is 57.8 Å². The maximum atomic E-state index is 11.6. The Hall–Kier alpha value is -1.81. The van der Waals surface area contributed by atoms with Crippen molar-refractivity contribution in [1.29, 1.82) is 0 Å². The van der Waals surface area contributed by atoms with Crippen molar-refractivity contribution in [2.24, 2.45) is 0 Å². The van der Waals surface area contributed by atoms with Gasteiger partial charge in [0.15, 0.2) is 11.0 Å². The Morgan fingerprint density at radius 1 is 1.31 bits per heavy atom. The van der Waals surface area contributed by atoms with Crippen molar-refractivity contribution >= 4 is 17.4 Å². The van der Waals surface area contributed by atoms with E-state index in [9.17, 15) is 4.79 Å². The fourth-order valence-electron chi connectivity index (χ4n) is 1.39. The summed E-state index contributed by atoms with van der Waals surface area (Å²) < 4.78 is 0. The number of nitrogens with one attached hydrogen (secondary N) is 2. The zero-order chi connectivity index (χ0) is 11.5. The van der Waals surface area contributed by atoms with Crippen LogP contribution >= 0.6 is 11.6 Å². The predicted molar refractivity (Wildman–Crippen MR) is 64.9 cm³/mol. The van der Waals surface area contributed by atoms with Crippen LogP contribution in [0, 0.1) is 0 Å². The van der Waals surface area contributed by atoms with Crippen LogP contribution in [0.25, 0.3) is 11.3 Å². The molecule has 2 rings (SSSR count). The Labute approximate surface area is 97.3 Å². The number of nitrogens with zero attached hydrogens (tertiary/aromatic N) is 1. The first kappa shape index (κ1) is 10.7. The van der Waals surface area contributed by atoms with Crippen LogP contribution in [0.2, 0.25) is 5.15 Å². The summed E-state index contributed by atoms with van der Waals surface area (Å²) in [6, 6.07) is 9.35. The van der Waals surface area contributed by atoms with E-state index in [0.717, 1.165) is 5.56 Å². The monoisotopic (exact) mass is 235 g/mol. The lowest BCUT2D eigenvalue weighted by Crippen LogP contribution is -2.15. The summed E-state index contributed by atoms with van der Waals surface area (Å²) in [6.45, 7) is 0. The molecule has 0 aliphatic heterocycles. The van der Waals surface area contributed by atoms with Gasteiger partial charge in [-0.3, -0.25) is 4.79 Å². The van der Waals surface area contributed by atoms with Gasteiger partial charge in [-0.1, -0.05) is 41.9 Å². The molecule has 0 bridgehead atoms. The molecular formula is C11H10ClN3O. The fraction of sp³-hybridized carbons (Fsp3) is 0.0909. The number of benzene rings is 1. The molecule has 0 unspecified atom stereocenters. The Kier molecular flexibility index (Phi) is 2.92. The third-order valence-corrected chi connectivity index (χ3v) is 2.44. The van der Waals surface area contributed by atoms with E-state index >= 15 is 0 Å². The van der Waals surface area contributed by atoms with Crippen molar-refractivity contribution in [3.8, 4) is 11.3 Å². The van der Waals surface area contributed by atoms with E-state index in [1.54, 1.807) is 7.05 Å². The Bertz CT molecular complexity index is 551. The number of hydrogen-bond acceptors (Lipinski definition) is 3. The summed E-state index contributed by atoms with van der Waals surface area (Å²) in [5.74, 6) is 0.213. The van der Waals surface area contributed by atoms with Gasteiger partial charge in [0, 0.05) is 12.6 Å². The molecule has 5 heteroatoms. The molecule has 2 aromatic rings. The van der Waals surface area contributed by atoms with Crippen LogP contribution in [0.4, 0.5) is 5.82 Å². The largest absolute Gasteiger partial charge is 0.369 e. The van der Waals surface area contributed by atoms with Crippen LogP contribution in [0.1, 0.15) is 0 Å². The summed E-state index contributed by atoms with van der Waals surface area (Å²) in [5.41, 5.74) is 1.08. The van der Waals surface area contributed by atoms with E-state index in [1.165, 1.54) is 0 Å². The van der Waals surface area contributed by atoms with E-state index in [4.69, 9.17) is 11.6 Å². The summed E-state index contributed by atoms with van der Waals surface area (Å²) >= 11 is 5.99. The minimum Gasteiger partial charge on any atom is -0.369 e. The quantitative estimate of drug-likeness (QED) is 0.839. The summed E-state index contributed by atoms with van der Waals surface area (Å²) in [4.78, 5) is 18.2. The predicted octanol–water partition coefficient (Wildman–Crippen LogP) is 2.13. The highest BCUT2D eigenvalue weighted by Gasteiger charge is 2.08. The number of aromatic amines is 1. The molecule has 1 heterocycles. The van der Waals surface area contributed by atoms with Crippen molar-refractivity contribution in [1.82, 2.24) is 9.97 Å². The average Bonchev–Trinajstić information content (AvgIpc) is 2.32. The number of aromatic nitrogens is 2. The summed E-state index contributed by atoms with van der Waals surface area (Å²) in [6.07, 6.45) is 0. The molecule has 0 fully saturated rings. The molecule has 1 aromatic carbocycles. The first-order chi connectivity index (χ1) is 7.72. The number of H-pyrrole nitrogens is 1. The summed E-state index contributed by atoms with van der Waals surface area (Å²) in [5, 5.41) is 2.95. The second-order valence-electron chi connectivity index (χ2n) is 3.20. The van der Waals surface area contributed by atoms with Crippen LogP contribution in [0.5, 0.6) is 0 Å². The minimum absolute atomic E-state index is 0.213. The highest BCUT2D eigenvalue weighted by atomic mass is 35.5. The van der Waals surface area contributed by atoms with Gasteiger partial charge in [0.2, 0.25) is 0 Å². The molecule has 0 radical (unpaired) electrons. The number of hydrogen-bond donors (Lipinski definition) is 2. The van der Waals surface area contributed by atoms with Crippen LogP contribution in [0.3, 0.4) is 0 Å². The summed E-state index contributed by atoms with van der Waals surface area (Å²) in [7, 11) is 1.62. The van der Waals surface area contributed by atoms with Gasteiger partial charge in [0.1, 0.15) is 0 Å². The van der Waals surface area contributed by atoms with Crippen LogP contribution < -0.4 is 10.9 Å². The van der Waals surface area contributed by atoms with Crippen LogP contribution in [0.15, 0.2) is 35.1 Å². The SMILES string of the molecule is CNc1nc(Cl)c(-c2ccccc2)[nH]c1=O. The molecular weight excluding hydrogens is 226 g/mol. The van der Waals surface area contributed by atoms with E-state index < -0.39 is 0 Å². The third kappa shape index (κ3) is 1.92. The Morgan fingerprint density at radius 3 is 2.62 bits per heavy atom. The lowest BCUT2D eigenvalue weighted by molar-refractivity contribution is 1.14. The molecule has 16 heavy (non-hydrogen) atoms. The molecule has 2 N–H and O–H groups in total. The molecule has 0 aliphatic carbocycles. The normalized spacial score (nSPS) is 10.1. The maximum absolute atomic E-state index is 11.6. The molecule has 1 aromatic heterocycles. The zero-order valence-electron chi connectivity index (χ0n) is 8.62. The van der Waals surface area contributed by atoms with Gasteiger partial charge >= 0.3 is 0 Å². The van der Waals surface area contributed by atoms with Gasteiger partial charge in [0.05, 0.1) is 5.69 Å². The minimum atomic E-state index is -0.286. The molecule has 0 amide bonds. The van der Waals surface area contributed by atoms with Crippen LogP contribution in [-0.4, -0.2) is 17.0 Å². The molecule has 0 saturated carbocycles. The van der Waals surface area contributed by atoms with Gasteiger partial charge in [-0.25, -0.2) is 4.98 Å². The third-order valence-electron chi connectivity index (χ3n) is 2.17. The number of anilines is 1. The van der Waals surface area contributed by atoms with E-state index in [0.29, 0.717) is 5.69 Å². The van der Waals surface area contributed by atoms with E-state index in [-0.39, 0.29) is 16.5 Å². The van der Waals surface area contributed by atoms with Gasteiger partial charge < -0.3 is 10.3 Å². The molecule has 0 atom stereocenters. The van der Waals surface area contributed by atoms with Gasteiger partial charge in [-0.15, -0.1) is 0 Å². The van der Waals surface area contributed by atoms with Crippen molar-refractivity contribution < 1.29 is 0 Å². The van der Waals surface area contributed by atoms with E-state index in [1.807, 2.05) is 30.3 Å². The number of halogens is 1. The highest BCUT2D eigenvalue weighted by molar-refractivity contribution is 6.31. The van der Waals surface area contributed by atoms with Crippen LogP contribution in [-0.2, 0) is 0 Å². The van der Waals surface area contributed by atoms with Crippen molar-refractivity contribution in [2.45, 2.75) is 0 Å². The molecule has 0 saturated heterocycles. The second-order valence-corrected chi connectivity index (χ2v) is 3.55. The Morgan fingerprint density at radius 2 is 2.00 bits per heavy atom. The van der Waals surface area contributed by atoms with Crippen molar-refractivity contribution in [3.63, 3.8) is 0 Å². The lowest BCUT2D eigenvalue weighted by atomic mass is 10.2. The standard InChI is InChI=1S/C11H10ClN3O/c1-13-10-11(16)14-8(9(12)15-10)7-5-3-2-4-6-7/h2-6H,1H3,(H,13,15)(H,14,16). The van der Waals surface area contributed by atoms with Crippen molar-refractivity contribution in [3.05, 3.63) is 45.8 Å². The van der Waals surface area contributed by atoms with Gasteiger partial charge in [-0.2, -0.15) is 0 Å². The smallest absolute Gasteiger partial charge is 0.291 e. The first-order valence-corrected chi connectivity index (χ1v) is 5.13. The Balaban J connectivity index is 2.60. The first-order valence-electron chi connectivity index (χ1n) is 4.75. The zero-order valence-corrected chi connectivity index (χ0v) is 9.38. The van der Waals surface area contributed by atoms with Crippen molar-refractivity contribution in [2.75, 3.05) is 12.4 Å². The molecule has 0 spiro atoms.